The Kier molecular flexibility index (Phi) is 2.74. The van der Waals surface area contributed by atoms with Gasteiger partial charge >= 0.3 is 0 Å². The zero-order chi connectivity index (χ0) is 9.19. The van der Waals surface area contributed by atoms with Gasteiger partial charge in [-0.25, -0.2) is 0 Å². The van der Waals surface area contributed by atoms with Gasteiger partial charge in [-0.3, -0.25) is 0 Å². The lowest BCUT2D eigenvalue weighted by Gasteiger charge is -2.23. The lowest BCUT2D eigenvalue weighted by molar-refractivity contribution is 0.285. The van der Waals surface area contributed by atoms with Gasteiger partial charge in [0.15, 0.2) is 0 Å². The van der Waals surface area contributed by atoms with E-state index in [9.17, 15) is 0 Å². The third-order valence-corrected chi connectivity index (χ3v) is 2.38. The van der Waals surface area contributed by atoms with Crippen molar-refractivity contribution in [3.05, 3.63) is 0 Å². The van der Waals surface area contributed by atoms with Gasteiger partial charge in [-0.15, -0.1) is 0 Å². The molecule has 0 radical (unpaired) electrons. The van der Waals surface area contributed by atoms with Gasteiger partial charge in [0.05, 0.1) is 12.0 Å². The number of hydrogen-bond donors (Lipinski definition) is 1. The second-order valence-electron chi connectivity index (χ2n) is 4.92. The largest absolute Gasteiger partial charge is 0.315 e. The van der Waals surface area contributed by atoms with Crippen molar-refractivity contribution in [3.8, 4) is 6.07 Å². The van der Waals surface area contributed by atoms with Crippen molar-refractivity contribution in [3.63, 3.8) is 0 Å². The minimum atomic E-state index is 0.240. The molecule has 0 bridgehead atoms. The van der Waals surface area contributed by atoms with Gasteiger partial charge in [-0.2, -0.15) is 5.26 Å². The molecule has 12 heavy (non-hydrogen) atoms. The van der Waals surface area contributed by atoms with Crippen LogP contribution in [-0.2, 0) is 0 Å². The van der Waals surface area contributed by atoms with Crippen molar-refractivity contribution >= 4 is 0 Å². The van der Waals surface area contributed by atoms with Gasteiger partial charge in [-0.05, 0) is 24.3 Å². The first-order chi connectivity index (χ1) is 5.53. The Hall–Kier alpha value is -0.550. The molecule has 0 aromatic rings. The molecule has 1 saturated heterocycles. The van der Waals surface area contributed by atoms with Crippen LogP contribution in [0.2, 0.25) is 0 Å². The molecule has 0 aromatic heterocycles. The molecule has 1 fully saturated rings. The van der Waals surface area contributed by atoms with Gasteiger partial charge in [0, 0.05) is 6.54 Å². The number of hydrogen-bond acceptors (Lipinski definition) is 2. The van der Waals surface area contributed by atoms with Crippen LogP contribution in [0.5, 0.6) is 0 Å². The van der Waals surface area contributed by atoms with Crippen molar-refractivity contribution < 1.29 is 0 Å². The minimum Gasteiger partial charge on any atom is -0.315 e. The summed E-state index contributed by atoms with van der Waals surface area (Å²) < 4.78 is 0. The van der Waals surface area contributed by atoms with E-state index in [0.29, 0.717) is 11.3 Å². The summed E-state index contributed by atoms with van der Waals surface area (Å²) in [5, 5.41) is 12.1. The zero-order valence-corrected chi connectivity index (χ0v) is 8.22. The highest BCUT2D eigenvalue weighted by Gasteiger charge is 2.30. The van der Waals surface area contributed by atoms with Crippen molar-refractivity contribution in [1.82, 2.24) is 5.32 Å². The van der Waals surface area contributed by atoms with E-state index in [0.717, 1.165) is 19.5 Å². The van der Waals surface area contributed by atoms with Crippen LogP contribution in [0.3, 0.4) is 0 Å². The molecule has 0 aromatic carbocycles. The Morgan fingerprint density at radius 2 is 2.08 bits per heavy atom. The third-order valence-electron chi connectivity index (χ3n) is 2.38. The highest BCUT2D eigenvalue weighted by atomic mass is 14.9. The van der Waals surface area contributed by atoms with E-state index in [-0.39, 0.29) is 5.92 Å². The average molecular weight is 166 g/mol. The molecule has 2 heteroatoms. The van der Waals surface area contributed by atoms with Crippen molar-refractivity contribution in [2.45, 2.75) is 27.2 Å². The predicted molar refractivity (Wildman–Crippen MR) is 49.5 cm³/mol. The maximum Gasteiger partial charge on any atom is 0.0672 e. The molecule has 1 heterocycles. The number of nitriles is 1. The third kappa shape index (κ3) is 2.49. The second-order valence-corrected chi connectivity index (χ2v) is 4.92. The average Bonchev–Trinajstić information content (AvgIpc) is 2.31. The monoisotopic (exact) mass is 166 g/mol. The predicted octanol–water partition coefficient (Wildman–Crippen LogP) is 1.78. The van der Waals surface area contributed by atoms with Gasteiger partial charge in [-0.1, -0.05) is 20.8 Å². The van der Waals surface area contributed by atoms with E-state index in [2.05, 4.69) is 32.2 Å². The Balaban J connectivity index is 2.48. The topological polar surface area (TPSA) is 35.8 Å². The summed E-state index contributed by atoms with van der Waals surface area (Å²) in [4.78, 5) is 0. The van der Waals surface area contributed by atoms with Crippen molar-refractivity contribution in [1.29, 1.82) is 5.26 Å². The molecular formula is C10H18N2. The highest BCUT2D eigenvalue weighted by molar-refractivity contribution is 4.96. The van der Waals surface area contributed by atoms with E-state index in [1.807, 2.05) is 0 Å². The number of rotatable bonds is 1. The van der Waals surface area contributed by atoms with Crippen LogP contribution in [0.1, 0.15) is 27.2 Å². The summed E-state index contributed by atoms with van der Waals surface area (Å²) in [6.45, 7) is 8.62. The SMILES string of the molecule is CC(C)(C)CC1CNCC1C#N. The first kappa shape index (κ1) is 9.54. The van der Waals surface area contributed by atoms with E-state index < -0.39 is 0 Å². The summed E-state index contributed by atoms with van der Waals surface area (Å²) in [5.74, 6) is 0.805. The second kappa shape index (κ2) is 3.45. The van der Waals surface area contributed by atoms with Crippen LogP contribution in [-0.4, -0.2) is 13.1 Å². The fourth-order valence-corrected chi connectivity index (χ4v) is 1.89. The molecule has 2 nitrogen and oxygen atoms in total. The Labute approximate surface area is 75.0 Å². The van der Waals surface area contributed by atoms with E-state index in [4.69, 9.17) is 5.26 Å². The molecule has 0 saturated carbocycles. The normalized spacial score (nSPS) is 30.2. The van der Waals surface area contributed by atoms with E-state index in [1.54, 1.807) is 0 Å². The molecule has 1 aliphatic heterocycles. The Morgan fingerprint density at radius 3 is 2.58 bits per heavy atom. The Morgan fingerprint density at radius 1 is 1.42 bits per heavy atom. The molecular weight excluding hydrogens is 148 g/mol. The van der Waals surface area contributed by atoms with Gasteiger partial charge < -0.3 is 5.32 Å². The van der Waals surface area contributed by atoms with Crippen molar-refractivity contribution in [2.24, 2.45) is 17.3 Å². The first-order valence-corrected chi connectivity index (χ1v) is 4.63. The summed E-state index contributed by atoms with van der Waals surface area (Å²) in [7, 11) is 0. The molecule has 1 N–H and O–H groups in total. The molecule has 1 aliphatic rings. The first-order valence-electron chi connectivity index (χ1n) is 4.63. The zero-order valence-electron chi connectivity index (χ0n) is 8.22. The maximum atomic E-state index is 8.84. The van der Waals surface area contributed by atoms with Crippen LogP contribution >= 0.6 is 0 Å². The van der Waals surface area contributed by atoms with Gasteiger partial charge in [0.2, 0.25) is 0 Å². The smallest absolute Gasteiger partial charge is 0.0672 e. The molecule has 0 aliphatic carbocycles. The van der Waals surface area contributed by atoms with E-state index in [1.165, 1.54) is 0 Å². The molecule has 1 rings (SSSR count). The summed E-state index contributed by atoms with van der Waals surface area (Å²) in [6.07, 6.45) is 1.15. The maximum absolute atomic E-state index is 8.84. The van der Waals surface area contributed by atoms with Crippen LogP contribution in [0.15, 0.2) is 0 Å². The van der Waals surface area contributed by atoms with Gasteiger partial charge in [0.1, 0.15) is 0 Å². The Bertz CT molecular complexity index is 185. The standard InChI is InChI=1S/C10H18N2/c1-10(2,3)4-8-6-12-7-9(8)5-11/h8-9,12H,4,6-7H2,1-3H3. The van der Waals surface area contributed by atoms with E-state index >= 15 is 0 Å². The van der Waals surface area contributed by atoms with Crippen LogP contribution < -0.4 is 5.32 Å². The van der Waals surface area contributed by atoms with Gasteiger partial charge in [0.25, 0.3) is 0 Å². The summed E-state index contributed by atoms with van der Waals surface area (Å²) >= 11 is 0. The fourth-order valence-electron chi connectivity index (χ4n) is 1.89. The number of nitrogens with zero attached hydrogens (tertiary/aromatic N) is 1. The molecule has 2 unspecified atom stereocenters. The molecule has 2 atom stereocenters. The van der Waals surface area contributed by atoms with Crippen LogP contribution in [0.4, 0.5) is 0 Å². The molecule has 0 spiro atoms. The highest BCUT2D eigenvalue weighted by Crippen LogP contribution is 2.30. The molecule has 0 amide bonds. The summed E-state index contributed by atoms with van der Waals surface area (Å²) in [6, 6.07) is 2.37. The minimum absolute atomic E-state index is 0.240. The lowest BCUT2D eigenvalue weighted by Crippen LogP contribution is -2.19. The number of nitrogens with one attached hydrogen (secondary N) is 1. The molecule has 68 valence electrons. The van der Waals surface area contributed by atoms with Crippen LogP contribution in [0.25, 0.3) is 0 Å². The van der Waals surface area contributed by atoms with Crippen LogP contribution in [0, 0.1) is 28.6 Å². The quantitative estimate of drug-likeness (QED) is 0.644. The van der Waals surface area contributed by atoms with Crippen molar-refractivity contribution in [2.75, 3.05) is 13.1 Å². The fraction of sp³-hybridized carbons (Fsp3) is 0.900. The lowest BCUT2D eigenvalue weighted by atomic mass is 9.81. The summed E-state index contributed by atoms with van der Waals surface area (Å²) in [5.41, 5.74) is 0.353.